The van der Waals surface area contributed by atoms with E-state index in [4.69, 9.17) is 18.6 Å². The molecule has 41 heavy (non-hydrogen) atoms. The normalized spacial score (nSPS) is 13.1. The van der Waals surface area contributed by atoms with E-state index in [-0.39, 0.29) is 10.8 Å². The Kier molecular flexibility index (Phi) is 12.8. The van der Waals surface area contributed by atoms with Gasteiger partial charge in [0.25, 0.3) is 0 Å². The van der Waals surface area contributed by atoms with E-state index in [9.17, 15) is 10.2 Å². The molecule has 0 saturated carbocycles. The van der Waals surface area contributed by atoms with Crippen LogP contribution in [0.5, 0.6) is 11.5 Å². The molecule has 0 fully saturated rings. The van der Waals surface area contributed by atoms with Gasteiger partial charge in [0, 0.05) is 11.1 Å². The van der Waals surface area contributed by atoms with Gasteiger partial charge in [0.15, 0.2) is 11.5 Å². The summed E-state index contributed by atoms with van der Waals surface area (Å²) in [6.07, 6.45) is 1.94. The summed E-state index contributed by atoms with van der Waals surface area (Å²) in [6, 6.07) is 33.9. The Hall–Kier alpha value is -1.37. The quantitative estimate of drug-likeness (QED) is 0.155. The van der Waals surface area contributed by atoms with E-state index in [0.29, 0.717) is 11.5 Å². The molecule has 0 aliphatic rings. The van der Waals surface area contributed by atoms with Crippen LogP contribution in [0.4, 0.5) is 0 Å². The summed E-state index contributed by atoms with van der Waals surface area (Å²) in [5.41, 5.74) is 1.72. The van der Waals surface area contributed by atoms with Crippen LogP contribution in [0.3, 0.4) is 0 Å². The molecule has 2 N–H and O–H groups in total. The number of phenolic OH excluding ortho intramolecular Hbond substituents is 2. The molecule has 2 nitrogen and oxygen atoms in total. The van der Waals surface area contributed by atoms with Crippen molar-refractivity contribution in [1.29, 1.82) is 0 Å². The van der Waals surface area contributed by atoms with Gasteiger partial charge in [-0.05, 0) is 47.2 Å². The third kappa shape index (κ3) is 9.06. The number of rotatable bonds is 7. The van der Waals surface area contributed by atoms with Gasteiger partial charge < -0.3 is 10.2 Å². The number of hydrogen-bond donors (Lipinski definition) is 2. The molecule has 0 radical (unpaired) electrons. The van der Waals surface area contributed by atoms with Crippen molar-refractivity contribution in [2.24, 2.45) is 0 Å². The van der Waals surface area contributed by atoms with Crippen LogP contribution in [0.1, 0.15) is 52.7 Å². The second-order valence-electron chi connectivity index (χ2n) is 12.2. The summed E-state index contributed by atoms with van der Waals surface area (Å²) in [4.78, 5) is 0. The van der Waals surface area contributed by atoms with Crippen LogP contribution in [-0.4, -0.2) is 22.5 Å². The monoisotopic (exact) mass is 662 g/mol. The summed E-state index contributed by atoms with van der Waals surface area (Å²) in [5, 5.41) is 27.8. The molecular weight excluding hydrogens is 621 g/mol. The number of para-hydroxylation sites is 2. The maximum absolute atomic E-state index is 11.5. The molecule has 0 aromatic heterocycles. The molecule has 4 aromatic carbocycles. The first-order valence-corrected chi connectivity index (χ1v) is 21.6. The molecule has 2 unspecified atom stereocenters. The fraction of sp³-hybridized carbons (Fsp3) is 0.294. The van der Waals surface area contributed by atoms with Crippen LogP contribution in [0, 0.1) is 0 Å². The molecular formula is C34H42Cl2O2P2Ti+2. The molecule has 0 aliphatic heterocycles. The van der Waals surface area contributed by atoms with Crippen LogP contribution in [0.2, 0.25) is 0 Å². The molecule has 4 rings (SSSR count). The second-order valence-corrected chi connectivity index (χ2v) is 19.9. The predicted molar refractivity (Wildman–Crippen MR) is 183 cm³/mol. The zero-order valence-corrected chi connectivity index (χ0v) is 29.9. The van der Waals surface area contributed by atoms with Gasteiger partial charge in [-0.15, -0.1) is 0 Å². The van der Waals surface area contributed by atoms with Gasteiger partial charge >= 0.3 is 35.6 Å². The minimum atomic E-state index is -1.28. The van der Waals surface area contributed by atoms with E-state index in [0.717, 1.165) is 34.1 Å². The summed E-state index contributed by atoms with van der Waals surface area (Å²) in [6.45, 7) is 12.9. The van der Waals surface area contributed by atoms with E-state index >= 15 is 0 Å². The van der Waals surface area contributed by atoms with Crippen molar-refractivity contribution in [3.8, 4) is 11.5 Å². The van der Waals surface area contributed by atoms with Crippen molar-refractivity contribution >= 4 is 55.7 Å². The molecule has 0 spiro atoms. The van der Waals surface area contributed by atoms with Crippen molar-refractivity contribution in [3.05, 3.63) is 108 Å². The van der Waals surface area contributed by atoms with Gasteiger partial charge in [0.05, 0.1) is 26.5 Å². The Labute approximate surface area is 265 Å². The third-order valence-corrected chi connectivity index (χ3v) is 13.4. The Bertz CT molecular complexity index is 1280. The first kappa shape index (κ1) is 34.1. The fourth-order valence-electron chi connectivity index (χ4n) is 5.18. The molecule has 0 saturated heterocycles. The summed E-state index contributed by atoms with van der Waals surface area (Å²) < 4.78 is 0. The number of aromatic hydroxyl groups is 2. The molecule has 7 heteroatoms. The van der Waals surface area contributed by atoms with E-state index in [1.165, 1.54) is 10.6 Å². The summed E-state index contributed by atoms with van der Waals surface area (Å²) >= 11 is -0.556. The first-order chi connectivity index (χ1) is 19.4. The number of phenols is 2. The van der Waals surface area contributed by atoms with Gasteiger partial charge in [-0.25, -0.2) is 0 Å². The van der Waals surface area contributed by atoms with Gasteiger partial charge in [0.2, 0.25) is 0 Å². The Morgan fingerprint density at radius 2 is 0.854 bits per heavy atom. The zero-order chi connectivity index (χ0) is 30.2. The average Bonchev–Trinajstić information content (AvgIpc) is 2.92. The molecule has 216 valence electrons. The number of hydrogen-bond acceptors (Lipinski definition) is 2. The van der Waals surface area contributed by atoms with Crippen molar-refractivity contribution in [1.82, 2.24) is 0 Å². The van der Waals surface area contributed by atoms with E-state index in [2.05, 4.69) is 139 Å². The third-order valence-electron chi connectivity index (χ3n) is 7.21. The molecule has 4 aromatic rings. The average molecular weight is 663 g/mol. The number of halogens is 2. The van der Waals surface area contributed by atoms with Crippen molar-refractivity contribution in [2.45, 2.75) is 52.4 Å². The minimum absolute atomic E-state index is 0.137. The van der Waals surface area contributed by atoms with Crippen LogP contribution in [-0.2, 0) is 27.9 Å². The van der Waals surface area contributed by atoms with Gasteiger partial charge in [0.1, 0.15) is 22.9 Å². The van der Waals surface area contributed by atoms with E-state index < -0.39 is 32.9 Å². The summed E-state index contributed by atoms with van der Waals surface area (Å²) in [7, 11) is 7.22. The van der Waals surface area contributed by atoms with Crippen molar-refractivity contribution < 1.29 is 27.2 Å². The molecule has 0 amide bonds. The fourth-order valence-corrected chi connectivity index (χ4v) is 11.5. The zero-order valence-electron chi connectivity index (χ0n) is 24.8. The van der Waals surface area contributed by atoms with Crippen LogP contribution < -0.4 is 21.2 Å². The van der Waals surface area contributed by atoms with Crippen LogP contribution in [0.15, 0.2) is 97.1 Å². The van der Waals surface area contributed by atoms with Crippen molar-refractivity contribution in [2.75, 3.05) is 12.3 Å². The first-order valence-electron chi connectivity index (χ1n) is 13.8. The maximum atomic E-state index is 11.5. The van der Waals surface area contributed by atoms with Crippen LogP contribution >= 0.6 is 34.5 Å². The van der Waals surface area contributed by atoms with Gasteiger partial charge in [-0.3, -0.25) is 0 Å². The van der Waals surface area contributed by atoms with E-state index in [1.807, 2.05) is 0 Å². The molecule has 0 bridgehead atoms. The second kappa shape index (κ2) is 15.4. The topological polar surface area (TPSA) is 40.5 Å². The SMILES string of the molecule is CC(C)(C)c1cccc([PH+](CC[PH+](c2ccccc2)c2cccc(C(C)(C)C)c2O)c2ccccc2)c1O.[Cl][Ti][Cl]. The van der Waals surface area contributed by atoms with Gasteiger partial charge in [-0.1, -0.05) is 102 Å². The number of benzene rings is 4. The predicted octanol–water partition coefficient (Wildman–Crippen LogP) is 8.10. The molecule has 0 heterocycles. The standard InChI is InChI=1S/C34H40O2P2.2ClH.Ti/c1-33(2,3)27-19-13-21-29(31(27)35)37(25-15-9-7-10-16-25)23-24-38(26-17-11-8-12-18-26)30-22-14-20-28(32(30)36)34(4,5)6;;;/h7-22,35-36H,23-24H2,1-6H3;2*1H;/q;;;+2. The van der Waals surface area contributed by atoms with Crippen molar-refractivity contribution in [3.63, 3.8) is 0 Å². The molecule has 0 aliphatic carbocycles. The Balaban J connectivity index is 0.00000147. The van der Waals surface area contributed by atoms with E-state index in [1.54, 1.807) is 0 Å². The van der Waals surface area contributed by atoms with Gasteiger partial charge in [-0.2, -0.15) is 0 Å². The summed E-state index contributed by atoms with van der Waals surface area (Å²) in [5.74, 6) is 0.896. The Morgan fingerprint density at radius 3 is 1.15 bits per heavy atom. The molecule has 2 atom stereocenters. The Morgan fingerprint density at radius 1 is 0.537 bits per heavy atom. The van der Waals surface area contributed by atoms with Crippen LogP contribution in [0.25, 0.3) is 0 Å².